The van der Waals surface area contributed by atoms with Gasteiger partial charge in [-0.05, 0) is 79.7 Å². The summed E-state index contributed by atoms with van der Waals surface area (Å²) in [5.41, 5.74) is 6.25. The van der Waals surface area contributed by atoms with Crippen LogP contribution in [-0.2, 0) is 6.42 Å². The van der Waals surface area contributed by atoms with Gasteiger partial charge in [0.1, 0.15) is 5.82 Å². The van der Waals surface area contributed by atoms with Crippen LogP contribution in [0.5, 0.6) is 0 Å². The van der Waals surface area contributed by atoms with Crippen molar-refractivity contribution >= 4 is 22.6 Å². The van der Waals surface area contributed by atoms with Gasteiger partial charge in [0.05, 0.1) is 16.7 Å². The summed E-state index contributed by atoms with van der Waals surface area (Å²) in [6.07, 6.45) is 4.68. The van der Waals surface area contributed by atoms with Crippen LogP contribution in [0.25, 0.3) is 28.1 Å². The molecule has 8 nitrogen and oxygen atoms in total. The number of rotatable bonds is 7. The van der Waals surface area contributed by atoms with Gasteiger partial charge in [0.25, 0.3) is 5.91 Å². The van der Waals surface area contributed by atoms with Crippen LogP contribution in [0.2, 0.25) is 0 Å². The molecular weight excluding hydrogens is 474 g/mol. The molecule has 0 bridgehead atoms. The number of aromatic amines is 1. The zero-order valence-electron chi connectivity index (χ0n) is 21.5. The quantitative estimate of drug-likeness (QED) is 0.341. The van der Waals surface area contributed by atoms with Crippen molar-refractivity contribution < 1.29 is 4.79 Å². The van der Waals surface area contributed by atoms with Gasteiger partial charge in [-0.1, -0.05) is 12.1 Å². The third-order valence-corrected chi connectivity index (χ3v) is 7.18. The highest BCUT2D eigenvalue weighted by Gasteiger charge is 2.14. The summed E-state index contributed by atoms with van der Waals surface area (Å²) in [5, 5.41) is 7.29. The number of piperazine rings is 1. The first-order chi connectivity index (χ1) is 18.6. The van der Waals surface area contributed by atoms with Gasteiger partial charge in [0.2, 0.25) is 0 Å². The summed E-state index contributed by atoms with van der Waals surface area (Å²) >= 11 is 0. The molecule has 8 heteroatoms. The van der Waals surface area contributed by atoms with E-state index in [-0.39, 0.29) is 5.91 Å². The first-order valence-corrected chi connectivity index (χ1v) is 13.0. The second-order valence-corrected chi connectivity index (χ2v) is 9.86. The average Bonchev–Trinajstić information content (AvgIpc) is 3.64. The molecule has 192 valence electrons. The largest absolute Gasteiger partial charge is 0.338 e. The van der Waals surface area contributed by atoms with Crippen LogP contribution in [-0.4, -0.2) is 75.2 Å². The number of amides is 1. The van der Waals surface area contributed by atoms with Crippen LogP contribution in [0.1, 0.15) is 15.9 Å². The number of carbonyl (C=O) groups excluding carboxylic acids is 1. The monoisotopic (exact) mass is 505 g/mol. The molecule has 0 unspecified atom stereocenters. The number of fused-ring (bicyclic) bond motifs is 1. The first-order valence-electron chi connectivity index (χ1n) is 13.0. The van der Waals surface area contributed by atoms with E-state index in [0.717, 1.165) is 72.9 Å². The van der Waals surface area contributed by atoms with Crippen molar-refractivity contribution in [2.24, 2.45) is 0 Å². The topological polar surface area (TPSA) is 82.1 Å². The maximum atomic E-state index is 13.0. The molecule has 5 aromatic rings. The van der Waals surface area contributed by atoms with Crippen molar-refractivity contribution in [3.63, 3.8) is 0 Å². The van der Waals surface area contributed by atoms with E-state index in [0.29, 0.717) is 5.56 Å². The molecule has 1 aliphatic heterocycles. The zero-order chi connectivity index (χ0) is 25.9. The molecule has 0 atom stereocenters. The van der Waals surface area contributed by atoms with Crippen molar-refractivity contribution in [2.75, 3.05) is 45.1 Å². The Bertz CT molecular complexity index is 1510. The minimum absolute atomic E-state index is 0.142. The third-order valence-electron chi connectivity index (χ3n) is 7.18. The Morgan fingerprint density at radius 3 is 2.50 bits per heavy atom. The third kappa shape index (κ3) is 5.37. The highest BCUT2D eigenvalue weighted by molar-refractivity contribution is 6.06. The Balaban J connectivity index is 1.09. The van der Waals surface area contributed by atoms with Crippen LogP contribution in [0.15, 0.2) is 85.2 Å². The van der Waals surface area contributed by atoms with E-state index in [4.69, 9.17) is 4.98 Å². The van der Waals surface area contributed by atoms with E-state index in [2.05, 4.69) is 44.4 Å². The van der Waals surface area contributed by atoms with Gasteiger partial charge in [-0.15, -0.1) is 0 Å². The van der Waals surface area contributed by atoms with Gasteiger partial charge in [-0.2, -0.15) is 5.10 Å². The lowest BCUT2D eigenvalue weighted by Gasteiger charge is -2.32. The van der Waals surface area contributed by atoms with Crippen molar-refractivity contribution in [2.45, 2.75) is 6.42 Å². The number of benzene rings is 3. The SMILES string of the molecule is CN1CCN(CCc2ccc(NC(=O)c3ccc4nc(-c5ccc(-n6cccn6)cc5)[nH]c4c3)cc2)CC1. The fraction of sp³-hybridized carbons (Fsp3) is 0.233. The number of likely N-dealkylation sites (N-methyl/N-ethyl adjacent to an activating group) is 1. The molecule has 0 saturated carbocycles. The van der Waals surface area contributed by atoms with E-state index in [1.54, 1.807) is 6.20 Å². The van der Waals surface area contributed by atoms with Crippen LogP contribution < -0.4 is 5.32 Å². The number of nitrogens with zero attached hydrogens (tertiary/aromatic N) is 5. The summed E-state index contributed by atoms with van der Waals surface area (Å²) in [6, 6.07) is 23.6. The average molecular weight is 506 g/mol. The number of anilines is 1. The molecule has 6 rings (SSSR count). The zero-order valence-corrected chi connectivity index (χ0v) is 21.5. The summed E-state index contributed by atoms with van der Waals surface area (Å²) in [6.45, 7) is 5.60. The number of H-pyrrole nitrogens is 1. The standard InChI is InChI=1S/C30H31N7O/c1-35-17-19-36(20-18-35)16-13-22-3-8-25(9-4-22)32-30(38)24-7-12-27-28(21-24)34-29(33-27)23-5-10-26(11-6-23)37-15-2-14-31-37/h2-12,14-15,21H,13,16-20H2,1H3,(H,32,38)(H,33,34). The summed E-state index contributed by atoms with van der Waals surface area (Å²) in [5.74, 6) is 0.619. The summed E-state index contributed by atoms with van der Waals surface area (Å²) in [7, 11) is 2.18. The minimum atomic E-state index is -0.142. The normalized spacial score (nSPS) is 14.7. The molecule has 0 spiro atoms. The van der Waals surface area contributed by atoms with E-state index < -0.39 is 0 Å². The molecule has 3 aromatic carbocycles. The first kappa shape index (κ1) is 24.1. The fourth-order valence-electron chi connectivity index (χ4n) is 4.80. The van der Waals surface area contributed by atoms with Gasteiger partial charge < -0.3 is 20.1 Å². The molecule has 3 heterocycles. The smallest absolute Gasteiger partial charge is 0.255 e. The minimum Gasteiger partial charge on any atom is -0.338 e. The van der Waals surface area contributed by atoms with Crippen molar-refractivity contribution in [3.05, 3.63) is 96.3 Å². The maximum Gasteiger partial charge on any atom is 0.255 e. The number of hydrogen-bond donors (Lipinski definition) is 2. The molecule has 38 heavy (non-hydrogen) atoms. The number of hydrogen-bond acceptors (Lipinski definition) is 5. The van der Waals surface area contributed by atoms with Gasteiger partial charge in [-0.25, -0.2) is 9.67 Å². The lowest BCUT2D eigenvalue weighted by molar-refractivity contribution is 0.102. The van der Waals surface area contributed by atoms with E-state index in [1.165, 1.54) is 5.56 Å². The van der Waals surface area contributed by atoms with Gasteiger partial charge in [0, 0.05) is 61.9 Å². The second kappa shape index (κ2) is 10.6. The lowest BCUT2D eigenvalue weighted by Crippen LogP contribution is -2.45. The maximum absolute atomic E-state index is 13.0. The van der Waals surface area contributed by atoms with Crippen LogP contribution in [0.4, 0.5) is 5.69 Å². The Kier molecular flexibility index (Phi) is 6.73. The Labute approximate surface area is 221 Å². The van der Waals surface area contributed by atoms with Crippen LogP contribution >= 0.6 is 0 Å². The molecule has 0 radical (unpaired) electrons. The Hall–Kier alpha value is -4.27. The number of nitrogens with one attached hydrogen (secondary N) is 2. The molecule has 1 amide bonds. The molecule has 1 aliphatic rings. The molecule has 1 saturated heterocycles. The van der Waals surface area contributed by atoms with Crippen LogP contribution in [0.3, 0.4) is 0 Å². The van der Waals surface area contributed by atoms with Crippen LogP contribution in [0, 0.1) is 0 Å². The molecule has 0 aliphatic carbocycles. The van der Waals surface area contributed by atoms with E-state index >= 15 is 0 Å². The van der Waals surface area contributed by atoms with Gasteiger partial charge in [0.15, 0.2) is 0 Å². The number of carbonyl (C=O) groups is 1. The van der Waals surface area contributed by atoms with Crippen molar-refractivity contribution in [1.29, 1.82) is 0 Å². The van der Waals surface area contributed by atoms with E-state index in [9.17, 15) is 4.79 Å². The molecular formula is C30H31N7O. The highest BCUT2D eigenvalue weighted by atomic mass is 16.1. The number of imidazole rings is 1. The fourth-order valence-corrected chi connectivity index (χ4v) is 4.80. The Morgan fingerprint density at radius 1 is 0.974 bits per heavy atom. The number of aromatic nitrogens is 4. The summed E-state index contributed by atoms with van der Waals surface area (Å²) < 4.78 is 1.81. The molecule has 2 aromatic heterocycles. The van der Waals surface area contributed by atoms with E-state index in [1.807, 2.05) is 71.5 Å². The Morgan fingerprint density at radius 2 is 1.76 bits per heavy atom. The lowest BCUT2D eigenvalue weighted by atomic mass is 10.1. The molecule has 1 fully saturated rings. The summed E-state index contributed by atoms with van der Waals surface area (Å²) in [4.78, 5) is 25.9. The molecule has 2 N–H and O–H groups in total. The van der Waals surface area contributed by atoms with Crippen molar-refractivity contribution in [1.82, 2.24) is 29.5 Å². The predicted molar refractivity (Wildman–Crippen MR) is 151 cm³/mol. The van der Waals surface area contributed by atoms with Gasteiger partial charge >= 0.3 is 0 Å². The van der Waals surface area contributed by atoms with Crippen molar-refractivity contribution in [3.8, 4) is 17.1 Å². The second-order valence-electron chi connectivity index (χ2n) is 9.86. The highest BCUT2D eigenvalue weighted by Crippen LogP contribution is 2.23. The van der Waals surface area contributed by atoms with Gasteiger partial charge in [-0.3, -0.25) is 4.79 Å². The predicted octanol–water partition coefficient (Wildman–Crippen LogP) is 4.46.